The third-order valence-electron chi connectivity index (χ3n) is 4.99. The first-order chi connectivity index (χ1) is 9.61. The molecule has 112 valence electrons. The number of nitrogens with zero attached hydrogens (tertiary/aromatic N) is 2. The number of hydrogen-bond donors (Lipinski definition) is 0. The monoisotopic (exact) mass is 294 g/mol. The summed E-state index contributed by atoms with van der Waals surface area (Å²) in [7, 11) is 4.09. The average Bonchev–Trinajstić information content (AvgIpc) is 3.04. The first-order valence-corrected chi connectivity index (χ1v) is 8.38. The highest BCUT2D eigenvalue weighted by Gasteiger charge is 2.49. The molecule has 2 atom stereocenters. The average molecular weight is 294 g/mol. The Bertz CT molecular complexity index is 461. The van der Waals surface area contributed by atoms with Gasteiger partial charge in [-0.3, -0.25) is 4.90 Å². The van der Waals surface area contributed by atoms with Crippen molar-refractivity contribution in [3.05, 3.63) is 21.9 Å². The second kappa shape index (κ2) is 5.76. The van der Waals surface area contributed by atoms with E-state index < -0.39 is 0 Å². The van der Waals surface area contributed by atoms with Gasteiger partial charge in [-0.25, -0.2) is 0 Å². The summed E-state index contributed by atoms with van der Waals surface area (Å²) >= 11 is 1.94. The van der Waals surface area contributed by atoms with Crippen LogP contribution in [0.25, 0.3) is 0 Å². The van der Waals surface area contributed by atoms with E-state index in [1.54, 1.807) is 0 Å². The molecule has 2 saturated heterocycles. The van der Waals surface area contributed by atoms with Crippen LogP contribution in [0.15, 0.2) is 12.1 Å². The fourth-order valence-electron chi connectivity index (χ4n) is 4.10. The Balaban J connectivity index is 1.65. The maximum absolute atomic E-state index is 5.47. The van der Waals surface area contributed by atoms with Gasteiger partial charge in [-0.15, -0.1) is 11.3 Å². The molecule has 2 aliphatic heterocycles. The van der Waals surface area contributed by atoms with E-state index in [0.717, 1.165) is 13.2 Å². The topological polar surface area (TPSA) is 15.7 Å². The van der Waals surface area contributed by atoms with Gasteiger partial charge in [0.05, 0.1) is 6.61 Å². The number of methoxy groups -OCH3 is 1. The molecule has 3 nitrogen and oxygen atoms in total. The standard InChI is InChI=1S/C16H26N2OS/c1-13-4-5-15(20-13)9-18-7-6-16(12-18)11-17(2)8-14(16)10-19-3/h4-5,14H,6-12H2,1-3H3/t14-,16-/m1/s1. The van der Waals surface area contributed by atoms with E-state index in [1.807, 2.05) is 18.4 Å². The molecule has 0 aromatic carbocycles. The first-order valence-electron chi connectivity index (χ1n) is 7.56. The van der Waals surface area contributed by atoms with Gasteiger partial charge in [0, 0.05) is 54.4 Å². The predicted molar refractivity (Wildman–Crippen MR) is 84.2 cm³/mol. The molecular weight excluding hydrogens is 268 g/mol. The Morgan fingerprint density at radius 1 is 1.40 bits per heavy atom. The van der Waals surface area contributed by atoms with Crippen LogP contribution in [0, 0.1) is 18.3 Å². The third-order valence-corrected chi connectivity index (χ3v) is 5.98. The van der Waals surface area contributed by atoms with Crippen LogP contribution in [0.3, 0.4) is 0 Å². The Hall–Kier alpha value is -0.420. The predicted octanol–water partition coefficient (Wildman–Crippen LogP) is 2.46. The van der Waals surface area contributed by atoms with Gasteiger partial charge in [0.25, 0.3) is 0 Å². The summed E-state index contributed by atoms with van der Waals surface area (Å²) in [6.07, 6.45) is 1.33. The largest absolute Gasteiger partial charge is 0.384 e. The highest BCUT2D eigenvalue weighted by molar-refractivity contribution is 7.11. The first kappa shape index (κ1) is 14.5. The molecule has 2 aliphatic rings. The number of hydrogen-bond acceptors (Lipinski definition) is 4. The molecule has 1 spiro atoms. The van der Waals surface area contributed by atoms with Crippen molar-refractivity contribution < 1.29 is 4.74 Å². The van der Waals surface area contributed by atoms with Crippen LogP contribution >= 0.6 is 11.3 Å². The minimum Gasteiger partial charge on any atom is -0.384 e. The number of rotatable bonds is 4. The number of thiophene rings is 1. The van der Waals surface area contributed by atoms with E-state index in [2.05, 4.69) is 35.9 Å². The van der Waals surface area contributed by atoms with E-state index >= 15 is 0 Å². The zero-order valence-corrected chi connectivity index (χ0v) is 13.7. The lowest BCUT2D eigenvalue weighted by Gasteiger charge is -2.30. The summed E-state index contributed by atoms with van der Waals surface area (Å²) in [5, 5.41) is 0. The van der Waals surface area contributed by atoms with E-state index in [-0.39, 0.29) is 0 Å². The van der Waals surface area contributed by atoms with E-state index in [4.69, 9.17) is 4.74 Å². The van der Waals surface area contributed by atoms with Crippen molar-refractivity contribution in [3.8, 4) is 0 Å². The molecule has 1 aromatic heterocycles. The zero-order chi connectivity index (χ0) is 14.2. The van der Waals surface area contributed by atoms with Crippen molar-refractivity contribution >= 4 is 11.3 Å². The molecule has 0 radical (unpaired) electrons. The third kappa shape index (κ3) is 2.80. The Morgan fingerprint density at radius 2 is 2.25 bits per heavy atom. The lowest BCUT2D eigenvalue weighted by molar-refractivity contribution is 0.0959. The van der Waals surface area contributed by atoms with Crippen LogP contribution in [0.5, 0.6) is 0 Å². The molecule has 0 amide bonds. The summed E-state index contributed by atoms with van der Waals surface area (Å²) in [5.74, 6) is 0.701. The summed E-state index contributed by atoms with van der Waals surface area (Å²) in [6.45, 7) is 9.15. The maximum atomic E-state index is 5.47. The SMILES string of the molecule is COC[C@H]1CN(C)C[C@@]12CCN(Cc1ccc(C)s1)C2. The lowest BCUT2D eigenvalue weighted by atomic mass is 9.78. The molecule has 0 aliphatic carbocycles. The van der Waals surface area contributed by atoms with Crippen LogP contribution in [0.4, 0.5) is 0 Å². The second-order valence-electron chi connectivity index (χ2n) is 6.68. The van der Waals surface area contributed by atoms with Crippen LogP contribution in [-0.2, 0) is 11.3 Å². The number of aryl methyl sites for hydroxylation is 1. The van der Waals surface area contributed by atoms with Crippen molar-refractivity contribution in [1.82, 2.24) is 9.80 Å². The quantitative estimate of drug-likeness (QED) is 0.848. The molecule has 20 heavy (non-hydrogen) atoms. The second-order valence-corrected chi connectivity index (χ2v) is 8.06. The molecule has 1 aromatic rings. The van der Waals surface area contributed by atoms with Crippen molar-refractivity contribution in [1.29, 1.82) is 0 Å². The van der Waals surface area contributed by atoms with Gasteiger partial charge in [-0.05, 0) is 39.1 Å². The number of ether oxygens (including phenoxy) is 1. The van der Waals surface area contributed by atoms with E-state index in [0.29, 0.717) is 11.3 Å². The molecule has 3 heterocycles. The van der Waals surface area contributed by atoms with Crippen molar-refractivity contribution in [3.63, 3.8) is 0 Å². The fourth-order valence-corrected chi connectivity index (χ4v) is 5.04. The Morgan fingerprint density at radius 3 is 2.95 bits per heavy atom. The van der Waals surface area contributed by atoms with Gasteiger partial charge in [-0.2, -0.15) is 0 Å². The Kier molecular flexibility index (Phi) is 4.18. The van der Waals surface area contributed by atoms with Gasteiger partial charge >= 0.3 is 0 Å². The maximum Gasteiger partial charge on any atom is 0.0509 e. The molecule has 0 saturated carbocycles. The summed E-state index contributed by atoms with van der Waals surface area (Å²) in [6, 6.07) is 4.53. The fraction of sp³-hybridized carbons (Fsp3) is 0.750. The molecule has 4 heteroatoms. The van der Waals surface area contributed by atoms with Crippen molar-refractivity contribution in [2.24, 2.45) is 11.3 Å². The van der Waals surface area contributed by atoms with Crippen LogP contribution in [-0.4, -0.2) is 56.7 Å². The van der Waals surface area contributed by atoms with E-state index in [1.165, 1.54) is 42.4 Å². The van der Waals surface area contributed by atoms with Crippen LogP contribution in [0.2, 0.25) is 0 Å². The Labute approximate surface area is 126 Å². The van der Waals surface area contributed by atoms with Crippen LogP contribution in [0.1, 0.15) is 16.2 Å². The van der Waals surface area contributed by atoms with Crippen LogP contribution < -0.4 is 0 Å². The van der Waals surface area contributed by atoms with Gasteiger partial charge < -0.3 is 9.64 Å². The molecule has 2 fully saturated rings. The highest BCUT2D eigenvalue weighted by Crippen LogP contribution is 2.44. The summed E-state index contributed by atoms with van der Waals surface area (Å²) in [4.78, 5) is 8.07. The van der Waals surface area contributed by atoms with Crippen molar-refractivity contribution in [2.75, 3.05) is 46.9 Å². The summed E-state index contributed by atoms with van der Waals surface area (Å²) in [5.41, 5.74) is 0.469. The molecule has 0 bridgehead atoms. The van der Waals surface area contributed by atoms with Crippen molar-refractivity contribution in [2.45, 2.75) is 19.9 Å². The highest BCUT2D eigenvalue weighted by atomic mass is 32.1. The molecule has 0 N–H and O–H groups in total. The minimum atomic E-state index is 0.469. The van der Waals surface area contributed by atoms with Gasteiger partial charge in [0.15, 0.2) is 0 Å². The lowest BCUT2D eigenvalue weighted by Crippen LogP contribution is -2.35. The van der Waals surface area contributed by atoms with Gasteiger partial charge in [-0.1, -0.05) is 0 Å². The normalized spacial score (nSPS) is 31.6. The zero-order valence-electron chi connectivity index (χ0n) is 12.9. The summed E-state index contributed by atoms with van der Waals surface area (Å²) < 4.78 is 5.47. The number of likely N-dealkylation sites (tertiary alicyclic amines) is 2. The molecule has 0 unspecified atom stereocenters. The van der Waals surface area contributed by atoms with Gasteiger partial charge in [0.2, 0.25) is 0 Å². The molecular formula is C16H26N2OS. The smallest absolute Gasteiger partial charge is 0.0509 e. The van der Waals surface area contributed by atoms with Gasteiger partial charge in [0.1, 0.15) is 0 Å². The minimum absolute atomic E-state index is 0.469. The molecule has 3 rings (SSSR count). The van der Waals surface area contributed by atoms with E-state index in [9.17, 15) is 0 Å².